The van der Waals surface area contributed by atoms with Crippen molar-refractivity contribution in [1.82, 2.24) is 9.80 Å². The third-order valence-electron chi connectivity index (χ3n) is 5.61. The number of carbonyl (C=O) groups excluding carboxylic acids is 2. The van der Waals surface area contributed by atoms with E-state index in [9.17, 15) is 18.8 Å². The van der Waals surface area contributed by atoms with E-state index in [-0.39, 0.29) is 17.0 Å². The lowest BCUT2D eigenvalue weighted by atomic mass is 10.0. The van der Waals surface area contributed by atoms with Crippen LogP contribution in [0.1, 0.15) is 59.2 Å². The average Bonchev–Trinajstić information content (AvgIpc) is 3.19. The normalized spacial score (nSPS) is 18.0. The lowest BCUT2D eigenvalue weighted by Crippen LogP contribution is -2.50. The summed E-state index contributed by atoms with van der Waals surface area (Å²) in [5, 5.41) is 8.88. The smallest absolute Gasteiger partial charge is 0.335 e. The van der Waals surface area contributed by atoms with Gasteiger partial charge in [-0.25, -0.2) is 9.18 Å². The van der Waals surface area contributed by atoms with E-state index in [1.54, 1.807) is 4.90 Å². The molecule has 7 heteroatoms. The minimum absolute atomic E-state index is 0.131. The fourth-order valence-corrected chi connectivity index (χ4v) is 3.94. The Morgan fingerprint density at radius 3 is 2.26 bits per heavy atom. The van der Waals surface area contributed by atoms with Crippen molar-refractivity contribution in [2.75, 3.05) is 26.2 Å². The highest BCUT2D eigenvalue weighted by atomic mass is 19.1. The average molecular weight is 376 g/mol. The molecule has 3 rings (SSSR count). The summed E-state index contributed by atoms with van der Waals surface area (Å²) in [6.45, 7) is 1.61. The molecule has 1 aromatic rings. The molecule has 1 N–H and O–H groups in total. The summed E-state index contributed by atoms with van der Waals surface area (Å²) >= 11 is 0. The van der Waals surface area contributed by atoms with Gasteiger partial charge in [-0.3, -0.25) is 9.59 Å². The van der Waals surface area contributed by atoms with Gasteiger partial charge in [-0.05, 0) is 30.5 Å². The SMILES string of the molecule is O=C(O)c1ccc(C(=O)N2CCN(C(=O)CCC3CCCC3)CC2)c(F)c1. The van der Waals surface area contributed by atoms with Crippen LogP contribution in [0, 0.1) is 11.7 Å². The number of nitrogens with zero attached hydrogens (tertiary/aromatic N) is 2. The number of hydrogen-bond acceptors (Lipinski definition) is 3. The van der Waals surface area contributed by atoms with Crippen molar-refractivity contribution in [1.29, 1.82) is 0 Å². The van der Waals surface area contributed by atoms with Gasteiger partial charge in [0.1, 0.15) is 5.82 Å². The molecule has 0 atom stereocenters. The lowest BCUT2D eigenvalue weighted by molar-refractivity contribution is -0.133. The van der Waals surface area contributed by atoms with Gasteiger partial charge in [-0.2, -0.15) is 0 Å². The number of hydrogen-bond donors (Lipinski definition) is 1. The maximum Gasteiger partial charge on any atom is 0.335 e. The van der Waals surface area contributed by atoms with Crippen LogP contribution in [0.4, 0.5) is 4.39 Å². The second kappa shape index (κ2) is 8.50. The highest BCUT2D eigenvalue weighted by Gasteiger charge is 2.27. The second-order valence-electron chi connectivity index (χ2n) is 7.36. The number of aromatic carboxylic acids is 1. The molecule has 1 saturated heterocycles. The zero-order valence-corrected chi connectivity index (χ0v) is 15.3. The van der Waals surface area contributed by atoms with Crippen molar-refractivity contribution in [2.45, 2.75) is 38.5 Å². The molecule has 27 heavy (non-hydrogen) atoms. The van der Waals surface area contributed by atoms with Crippen LogP contribution in [0.5, 0.6) is 0 Å². The monoisotopic (exact) mass is 376 g/mol. The van der Waals surface area contributed by atoms with E-state index in [4.69, 9.17) is 5.11 Å². The zero-order valence-electron chi connectivity index (χ0n) is 15.3. The van der Waals surface area contributed by atoms with Gasteiger partial charge in [-0.1, -0.05) is 25.7 Å². The number of carbonyl (C=O) groups is 3. The molecule has 1 heterocycles. The van der Waals surface area contributed by atoms with Crippen molar-refractivity contribution < 1.29 is 23.9 Å². The fraction of sp³-hybridized carbons (Fsp3) is 0.550. The second-order valence-corrected chi connectivity index (χ2v) is 7.36. The molecule has 0 bridgehead atoms. The summed E-state index contributed by atoms with van der Waals surface area (Å²) in [5.74, 6) is -1.74. The predicted molar refractivity (Wildman–Crippen MR) is 97.0 cm³/mol. The first-order valence-electron chi connectivity index (χ1n) is 9.55. The molecule has 0 aromatic heterocycles. The molecule has 1 aliphatic heterocycles. The number of carboxylic acid groups (broad SMARTS) is 1. The molecule has 6 nitrogen and oxygen atoms in total. The van der Waals surface area contributed by atoms with Crippen molar-refractivity contribution in [2.24, 2.45) is 5.92 Å². The molecule has 0 radical (unpaired) electrons. The first kappa shape index (κ1) is 19.3. The van der Waals surface area contributed by atoms with Crippen molar-refractivity contribution in [3.63, 3.8) is 0 Å². The maximum absolute atomic E-state index is 14.1. The van der Waals surface area contributed by atoms with Crippen LogP contribution in [0.25, 0.3) is 0 Å². The van der Waals surface area contributed by atoms with Crippen LogP contribution >= 0.6 is 0 Å². The van der Waals surface area contributed by atoms with Crippen LogP contribution in [0.3, 0.4) is 0 Å². The molecular weight excluding hydrogens is 351 g/mol. The Hall–Kier alpha value is -2.44. The number of piperazine rings is 1. The third-order valence-corrected chi connectivity index (χ3v) is 5.61. The highest BCUT2D eigenvalue weighted by Crippen LogP contribution is 2.28. The van der Waals surface area contributed by atoms with Gasteiger partial charge in [0.2, 0.25) is 5.91 Å². The Morgan fingerprint density at radius 1 is 1.04 bits per heavy atom. The van der Waals surface area contributed by atoms with Crippen LogP contribution in [0.15, 0.2) is 18.2 Å². The maximum atomic E-state index is 14.1. The standard InChI is InChI=1S/C20H25FN2O4/c21-17-13-15(20(26)27)6-7-16(17)19(25)23-11-9-22(10-12-23)18(24)8-5-14-3-1-2-4-14/h6-7,13-14H,1-5,8-12H2,(H,26,27). The van der Waals surface area contributed by atoms with Gasteiger partial charge < -0.3 is 14.9 Å². The van der Waals surface area contributed by atoms with Crippen molar-refractivity contribution in [3.8, 4) is 0 Å². The van der Waals surface area contributed by atoms with Gasteiger partial charge in [0.15, 0.2) is 0 Å². The summed E-state index contributed by atoms with van der Waals surface area (Å²) in [5.41, 5.74) is -0.331. The quantitative estimate of drug-likeness (QED) is 0.857. The summed E-state index contributed by atoms with van der Waals surface area (Å²) in [4.78, 5) is 39.0. The molecule has 1 aliphatic carbocycles. The Kier molecular flexibility index (Phi) is 6.08. The largest absolute Gasteiger partial charge is 0.478 e. The topological polar surface area (TPSA) is 77.9 Å². The van der Waals surface area contributed by atoms with Crippen LogP contribution < -0.4 is 0 Å². The van der Waals surface area contributed by atoms with E-state index < -0.39 is 17.7 Å². The van der Waals surface area contributed by atoms with E-state index in [1.165, 1.54) is 42.7 Å². The number of halogens is 1. The van der Waals surface area contributed by atoms with Crippen molar-refractivity contribution in [3.05, 3.63) is 35.1 Å². The van der Waals surface area contributed by atoms with E-state index in [0.717, 1.165) is 12.5 Å². The molecule has 146 valence electrons. The molecule has 2 aliphatic rings. The zero-order chi connectivity index (χ0) is 19.4. The lowest BCUT2D eigenvalue weighted by Gasteiger charge is -2.35. The molecule has 2 fully saturated rings. The summed E-state index contributed by atoms with van der Waals surface area (Å²) in [7, 11) is 0. The van der Waals surface area contributed by atoms with Gasteiger partial charge in [0, 0.05) is 32.6 Å². The fourth-order valence-electron chi connectivity index (χ4n) is 3.94. The first-order valence-corrected chi connectivity index (χ1v) is 9.55. The van der Waals surface area contributed by atoms with Crippen LogP contribution in [-0.4, -0.2) is 58.9 Å². The van der Waals surface area contributed by atoms with Crippen LogP contribution in [-0.2, 0) is 4.79 Å². The number of amides is 2. The van der Waals surface area contributed by atoms with Crippen molar-refractivity contribution >= 4 is 17.8 Å². The minimum Gasteiger partial charge on any atom is -0.478 e. The van der Waals surface area contributed by atoms with Crippen LogP contribution in [0.2, 0.25) is 0 Å². The number of carboxylic acids is 1. The van der Waals surface area contributed by atoms with Gasteiger partial charge in [-0.15, -0.1) is 0 Å². The van der Waals surface area contributed by atoms with E-state index in [1.807, 2.05) is 0 Å². The Bertz CT molecular complexity index is 723. The number of rotatable bonds is 5. The molecule has 0 spiro atoms. The summed E-state index contributed by atoms with van der Waals surface area (Å²) in [6, 6.07) is 3.29. The van der Waals surface area contributed by atoms with E-state index in [0.29, 0.717) is 38.5 Å². The Morgan fingerprint density at radius 2 is 1.67 bits per heavy atom. The molecule has 0 unspecified atom stereocenters. The highest BCUT2D eigenvalue weighted by molar-refractivity contribution is 5.96. The minimum atomic E-state index is -1.24. The molecular formula is C20H25FN2O4. The first-order chi connectivity index (χ1) is 13.0. The van der Waals surface area contributed by atoms with Gasteiger partial charge in [0.25, 0.3) is 5.91 Å². The third kappa shape index (κ3) is 4.64. The van der Waals surface area contributed by atoms with Gasteiger partial charge in [0.05, 0.1) is 11.1 Å². The summed E-state index contributed by atoms with van der Waals surface area (Å²) in [6.07, 6.45) is 6.49. The van der Waals surface area contributed by atoms with Gasteiger partial charge >= 0.3 is 5.97 Å². The van der Waals surface area contributed by atoms with E-state index in [2.05, 4.69) is 0 Å². The Labute approximate surface area is 157 Å². The summed E-state index contributed by atoms with van der Waals surface area (Å²) < 4.78 is 14.1. The molecule has 2 amide bonds. The van der Waals surface area contributed by atoms with E-state index >= 15 is 0 Å². The Balaban J connectivity index is 1.51. The molecule has 1 aromatic carbocycles. The number of benzene rings is 1. The predicted octanol–water partition coefficient (Wildman–Crippen LogP) is 2.78. The molecule has 1 saturated carbocycles.